The molecule has 2 saturated heterocycles. The Kier molecular flexibility index (Phi) is 4.56. The SMILES string of the molecule is CN1C[C@@]2(CCN(C(=O)NCc3noc(C4CCCC4)n3)C2)OCC1=O. The molecule has 0 bridgehead atoms. The molecule has 3 heterocycles. The van der Waals surface area contributed by atoms with E-state index in [0.717, 1.165) is 19.3 Å². The van der Waals surface area contributed by atoms with Gasteiger partial charge in [-0.05, 0) is 19.3 Å². The highest BCUT2D eigenvalue weighted by Gasteiger charge is 2.45. The number of ether oxygens (including phenoxy) is 1. The van der Waals surface area contributed by atoms with Gasteiger partial charge in [0.15, 0.2) is 5.82 Å². The number of likely N-dealkylation sites (N-methyl/N-ethyl adjacent to an activating group) is 1. The molecule has 0 radical (unpaired) electrons. The zero-order valence-corrected chi connectivity index (χ0v) is 15.1. The topological polar surface area (TPSA) is 101 Å². The number of likely N-dealkylation sites (tertiary alicyclic amines) is 1. The largest absolute Gasteiger partial charge is 0.361 e. The van der Waals surface area contributed by atoms with Crippen molar-refractivity contribution < 1.29 is 18.8 Å². The third kappa shape index (κ3) is 3.40. The lowest BCUT2D eigenvalue weighted by molar-refractivity contribution is -0.158. The normalized spacial score (nSPS) is 26.9. The van der Waals surface area contributed by atoms with Gasteiger partial charge in [0.25, 0.3) is 0 Å². The fourth-order valence-electron chi connectivity index (χ4n) is 4.10. The van der Waals surface area contributed by atoms with E-state index < -0.39 is 5.60 Å². The van der Waals surface area contributed by atoms with E-state index in [9.17, 15) is 9.59 Å². The van der Waals surface area contributed by atoms with Crippen LogP contribution in [0.3, 0.4) is 0 Å². The zero-order valence-electron chi connectivity index (χ0n) is 15.1. The van der Waals surface area contributed by atoms with Crippen LogP contribution < -0.4 is 5.32 Å². The summed E-state index contributed by atoms with van der Waals surface area (Å²) in [5.74, 6) is 1.55. The number of carbonyl (C=O) groups excluding carboxylic acids is 2. The Morgan fingerprint density at radius 2 is 2.15 bits per heavy atom. The molecule has 9 heteroatoms. The van der Waals surface area contributed by atoms with Crippen LogP contribution in [0.4, 0.5) is 4.79 Å². The third-order valence-corrected chi connectivity index (χ3v) is 5.64. The molecule has 1 atom stereocenters. The fourth-order valence-corrected chi connectivity index (χ4v) is 4.10. The third-order valence-electron chi connectivity index (χ3n) is 5.64. The minimum Gasteiger partial charge on any atom is -0.361 e. The standard InChI is InChI=1S/C17H25N5O4/c1-21-10-17(25-9-14(21)23)6-7-22(11-17)16(24)18-8-13-19-15(26-20-13)12-4-2-3-5-12/h12H,2-11H2,1H3,(H,18,24)/t17-/m1/s1. The van der Waals surface area contributed by atoms with E-state index in [2.05, 4.69) is 15.5 Å². The van der Waals surface area contributed by atoms with Crippen molar-refractivity contribution in [3.8, 4) is 0 Å². The van der Waals surface area contributed by atoms with E-state index in [0.29, 0.717) is 37.3 Å². The predicted molar refractivity (Wildman–Crippen MR) is 90.3 cm³/mol. The van der Waals surface area contributed by atoms with Crippen LogP contribution in [0.2, 0.25) is 0 Å². The lowest BCUT2D eigenvalue weighted by Gasteiger charge is -2.38. The molecule has 3 amide bonds. The van der Waals surface area contributed by atoms with Gasteiger partial charge in [-0.3, -0.25) is 4.79 Å². The van der Waals surface area contributed by atoms with Gasteiger partial charge in [-0.2, -0.15) is 4.98 Å². The summed E-state index contributed by atoms with van der Waals surface area (Å²) < 4.78 is 11.1. The Bertz CT molecular complexity index is 686. The summed E-state index contributed by atoms with van der Waals surface area (Å²) in [5.41, 5.74) is -0.443. The number of nitrogens with one attached hydrogen (secondary N) is 1. The van der Waals surface area contributed by atoms with Crippen molar-refractivity contribution in [1.82, 2.24) is 25.3 Å². The predicted octanol–water partition coefficient (Wildman–Crippen LogP) is 0.870. The number of nitrogens with zero attached hydrogens (tertiary/aromatic N) is 4. The van der Waals surface area contributed by atoms with Crippen LogP contribution >= 0.6 is 0 Å². The fraction of sp³-hybridized carbons (Fsp3) is 0.765. The summed E-state index contributed by atoms with van der Waals surface area (Å²) in [6.07, 6.45) is 5.34. The van der Waals surface area contributed by atoms with E-state index in [1.807, 2.05) is 0 Å². The summed E-state index contributed by atoms with van der Waals surface area (Å²) in [6, 6.07) is -0.169. The summed E-state index contributed by atoms with van der Waals surface area (Å²) in [4.78, 5) is 31.8. The molecule has 1 aliphatic carbocycles. The molecule has 142 valence electrons. The smallest absolute Gasteiger partial charge is 0.317 e. The van der Waals surface area contributed by atoms with E-state index in [1.54, 1.807) is 16.8 Å². The van der Waals surface area contributed by atoms with Crippen molar-refractivity contribution in [3.05, 3.63) is 11.7 Å². The Labute approximate surface area is 152 Å². The quantitative estimate of drug-likeness (QED) is 0.855. The molecule has 1 spiro atoms. The van der Waals surface area contributed by atoms with Gasteiger partial charge in [-0.25, -0.2) is 4.79 Å². The molecule has 1 N–H and O–H groups in total. The van der Waals surface area contributed by atoms with Crippen molar-refractivity contribution in [2.45, 2.75) is 50.2 Å². The van der Waals surface area contributed by atoms with Crippen molar-refractivity contribution >= 4 is 11.9 Å². The molecular formula is C17H25N5O4. The van der Waals surface area contributed by atoms with Crippen molar-refractivity contribution in [2.24, 2.45) is 0 Å². The highest BCUT2D eigenvalue weighted by Crippen LogP contribution is 2.33. The number of rotatable bonds is 3. The molecule has 3 aliphatic rings. The first-order chi connectivity index (χ1) is 12.5. The number of carbonyl (C=O) groups is 2. The molecule has 1 saturated carbocycles. The molecule has 26 heavy (non-hydrogen) atoms. The van der Waals surface area contributed by atoms with Gasteiger partial charge in [0.05, 0.1) is 19.6 Å². The first-order valence-electron chi connectivity index (χ1n) is 9.28. The van der Waals surface area contributed by atoms with Gasteiger partial charge < -0.3 is 24.4 Å². The molecular weight excluding hydrogens is 338 g/mol. The van der Waals surface area contributed by atoms with Crippen molar-refractivity contribution in [2.75, 3.05) is 33.3 Å². The van der Waals surface area contributed by atoms with Gasteiger partial charge in [0, 0.05) is 19.5 Å². The van der Waals surface area contributed by atoms with Crippen LogP contribution in [0.15, 0.2) is 4.52 Å². The molecule has 9 nitrogen and oxygen atoms in total. The zero-order chi connectivity index (χ0) is 18.1. The highest BCUT2D eigenvalue weighted by molar-refractivity contribution is 5.78. The van der Waals surface area contributed by atoms with Crippen LogP contribution in [0, 0.1) is 0 Å². The second-order valence-corrected chi connectivity index (χ2v) is 7.58. The first-order valence-corrected chi connectivity index (χ1v) is 9.28. The van der Waals surface area contributed by atoms with Crippen LogP contribution in [0.5, 0.6) is 0 Å². The van der Waals surface area contributed by atoms with Gasteiger partial charge in [-0.1, -0.05) is 18.0 Å². The molecule has 2 aliphatic heterocycles. The van der Waals surface area contributed by atoms with Crippen LogP contribution in [0.1, 0.15) is 49.7 Å². The highest BCUT2D eigenvalue weighted by atomic mass is 16.5. The molecule has 1 aromatic rings. The molecule has 4 rings (SSSR count). The van der Waals surface area contributed by atoms with Gasteiger partial charge in [-0.15, -0.1) is 0 Å². The number of hydrogen-bond acceptors (Lipinski definition) is 6. The Hall–Kier alpha value is -2.16. The molecule has 0 unspecified atom stereocenters. The minimum absolute atomic E-state index is 0.0197. The van der Waals surface area contributed by atoms with E-state index in [4.69, 9.17) is 9.26 Å². The number of amides is 3. The van der Waals surface area contributed by atoms with E-state index >= 15 is 0 Å². The number of morpholine rings is 1. The van der Waals surface area contributed by atoms with Gasteiger partial charge in [0.2, 0.25) is 11.8 Å². The Balaban J connectivity index is 1.28. The van der Waals surface area contributed by atoms with E-state index in [-0.39, 0.29) is 25.1 Å². The molecule has 3 fully saturated rings. The maximum atomic E-state index is 12.4. The molecule has 1 aromatic heterocycles. The second kappa shape index (κ2) is 6.86. The van der Waals surface area contributed by atoms with Gasteiger partial charge >= 0.3 is 6.03 Å². The molecule has 0 aromatic carbocycles. The van der Waals surface area contributed by atoms with Crippen molar-refractivity contribution in [3.63, 3.8) is 0 Å². The van der Waals surface area contributed by atoms with Crippen LogP contribution in [-0.4, -0.2) is 70.8 Å². The average molecular weight is 363 g/mol. The first kappa shape index (κ1) is 17.3. The number of aromatic nitrogens is 2. The lowest BCUT2D eigenvalue weighted by Crippen LogP contribution is -2.55. The number of hydrogen-bond donors (Lipinski definition) is 1. The van der Waals surface area contributed by atoms with Gasteiger partial charge in [0.1, 0.15) is 12.2 Å². The number of urea groups is 1. The van der Waals surface area contributed by atoms with Crippen LogP contribution in [0.25, 0.3) is 0 Å². The van der Waals surface area contributed by atoms with E-state index in [1.165, 1.54) is 12.8 Å². The summed E-state index contributed by atoms with van der Waals surface area (Å²) in [6.45, 7) is 1.94. The lowest BCUT2D eigenvalue weighted by atomic mass is 10.0. The Morgan fingerprint density at radius 3 is 2.92 bits per heavy atom. The summed E-state index contributed by atoms with van der Waals surface area (Å²) in [7, 11) is 1.77. The monoisotopic (exact) mass is 363 g/mol. The maximum absolute atomic E-state index is 12.4. The second-order valence-electron chi connectivity index (χ2n) is 7.58. The minimum atomic E-state index is -0.443. The maximum Gasteiger partial charge on any atom is 0.317 e. The summed E-state index contributed by atoms with van der Waals surface area (Å²) >= 11 is 0. The summed E-state index contributed by atoms with van der Waals surface area (Å²) in [5, 5.41) is 6.83. The average Bonchev–Trinajstić information content (AvgIpc) is 3.36. The van der Waals surface area contributed by atoms with Crippen molar-refractivity contribution in [1.29, 1.82) is 0 Å². The Morgan fingerprint density at radius 1 is 1.35 bits per heavy atom. The van der Waals surface area contributed by atoms with Crippen LogP contribution in [-0.2, 0) is 16.1 Å².